The Kier molecular flexibility index (Phi) is 2.72. The Morgan fingerprint density at radius 1 is 1.40 bits per heavy atom. The number of aromatic hydroxyl groups is 1. The normalized spacial score (nSPS) is 19.6. The highest BCUT2D eigenvalue weighted by molar-refractivity contribution is 5.47. The molecular formula is C14H20O. The summed E-state index contributed by atoms with van der Waals surface area (Å²) < 4.78 is 0. The second kappa shape index (κ2) is 3.88. The summed E-state index contributed by atoms with van der Waals surface area (Å²) in [7, 11) is 0. The van der Waals surface area contributed by atoms with Crippen LogP contribution in [-0.2, 0) is 6.42 Å². The Hall–Kier alpha value is -0.980. The van der Waals surface area contributed by atoms with E-state index in [1.165, 1.54) is 29.5 Å². The second-order valence-corrected chi connectivity index (χ2v) is 4.91. The number of phenolic OH excluding ortho intramolecular Hbond substituents is 1. The standard InChI is InChI=1S/C14H20O/c1-4-10-5-6-11-7-12(15)8-13(9(2)3)14(10)11/h7-10,15H,4-6H2,1-3H3/t10-/m1/s1. The zero-order valence-corrected chi connectivity index (χ0v) is 9.88. The van der Waals surface area contributed by atoms with Crippen LogP contribution in [0.4, 0.5) is 0 Å². The second-order valence-electron chi connectivity index (χ2n) is 4.91. The van der Waals surface area contributed by atoms with Gasteiger partial charge in [-0.05, 0) is 59.9 Å². The molecule has 0 saturated heterocycles. The first-order valence-corrected chi connectivity index (χ1v) is 5.99. The van der Waals surface area contributed by atoms with Crippen molar-refractivity contribution in [2.45, 2.75) is 51.9 Å². The Morgan fingerprint density at radius 3 is 2.73 bits per heavy atom. The van der Waals surface area contributed by atoms with Gasteiger partial charge in [0.1, 0.15) is 5.75 Å². The fourth-order valence-electron chi connectivity index (χ4n) is 2.79. The lowest BCUT2D eigenvalue weighted by Gasteiger charge is -2.17. The van der Waals surface area contributed by atoms with Crippen LogP contribution in [0.15, 0.2) is 12.1 Å². The molecule has 1 nitrogen and oxygen atoms in total. The first kappa shape index (κ1) is 10.5. The summed E-state index contributed by atoms with van der Waals surface area (Å²) in [6.45, 7) is 6.68. The average molecular weight is 204 g/mol. The third-order valence-electron chi connectivity index (χ3n) is 3.57. The Balaban J connectivity index is 2.55. The minimum Gasteiger partial charge on any atom is -0.508 e. The van der Waals surface area contributed by atoms with Crippen LogP contribution >= 0.6 is 0 Å². The van der Waals surface area contributed by atoms with Crippen molar-refractivity contribution in [3.05, 3.63) is 28.8 Å². The largest absolute Gasteiger partial charge is 0.508 e. The van der Waals surface area contributed by atoms with Crippen molar-refractivity contribution in [2.24, 2.45) is 0 Å². The average Bonchev–Trinajstić information content (AvgIpc) is 2.58. The highest BCUT2D eigenvalue weighted by Gasteiger charge is 2.25. The molecule has 1 aromatic rings. The molecule has 0 aliphatic heterocycles. The van der Waals surface area contributed by atoms with Crippen molar-refractivity contribution in [3.8, 4) is 5.75 Å². The maximum Gasteiger partial charge on any atom is 0.116 e. The van der Waals surface area contributed by atoms with Gasteiger partial charge in [0.25, 0.3) is 0 Å². The van der Waals surface area contributed by atoms with E-state index in [-0.39, 0.29) is 0 Å². The van der Waals surface area contributed by atoms with Crippen LogP contribution in [0.5, 0.6) is 5.75 Å². The lowest BCUT2D eigenvalue weighted by Crippen LogP contribution is -2.00. The monoisotopic (exact) mass is 204 g/mol. The molecule has 1 aromatic carbocycles. The van der Waals surface area contributed by atoms with Gasteiger partial charge in [0.15, 0.2) is 0 Å². The van der Waals surface area contributed by atoms with Crippen molar-refractivity contribution < 1.29 is 5.11 Å². The molecule has 0 fully saturated rings. The van der Waals surface area contributed by atoms with Gasteiger partial charge in [-0.25, -0.2) is 0 Å². The zero-order chi connectivity index (χ0) is 11.0. The molecule has 0 spiro atoms. The van der Waals surface area contributed by atoms with E-state index in [2.05, 4.69) is 20.8 Å². The Bertz CT molecular complexity index is 366. The van der Waals surface area contributed by atoms with Crippen LogP contribution in [-0.4, -0.2) is 5.11 Å². The van der Waals surface area contributed by atoms with E-state index < -0.39 is 0 Å². The molecule has 1 N–H and O–H groups in total. The van der Waals surface area contributed by atoms with E-state index in [9.17, 15) is 5.11 Å². The van der Waals surface area contributed by atoms with Gasteiger partial charge in [0, 0.05) is 0 Å². The molecule has 82 valence electrons. The lowest BCUT2D eigenvalue weighted by molar-refractivity contribution is 0.473. The smallest absolute Gasteiger partial charge is 0.116 e. The molecule has 0 unspecified atom stereocenters. The van der Waals surface area contributed by atoms with Crippen LogP contribution in [0.1, 0.15) is 62.1 Å². The summed E-state index contributed by atoms with van der Waals surface area (Å²) >= 11 is 0. The van der Waals surface area contributed by atoms with Crippen LogP contribution in [0, 0.1) is 0 Å². The van der Waals surface area contributed by atoms with Crippen molar-refractivity contribution in [3.63, 3.8) is 0 Å². The molecule has 1 aliphatic carbocycles. The van der Waals surface area contributed by atoms with E-state index in [4.69, 9.17) is 0 Å². The maximum absolute atomic E-state index is 9.69. The van der Waals surface area contributed by atoms with E-state index in [1.807, 2.05) is 12.1 Å². The van der Waals surface area contributed by atoms with Crippen molar-refractivity contribution in [2.75, 3.05) is 0 Å². The Labute approximate surface area is 92.1 Å². The van der Waals surface area contributed by atoms with Crippen molar-refractivity contribution in [1.82, 2.24) is 0 Å². The summed E-state index contributed by atoms with van der Waals surface area (Å²) in [5, 5.41) is 9.69. The first-order chi connectivity index (χ1) is 7.13. The highest BCUT2D eigenvalue weighted by Crippen LogP contribution is 2.41. The summed E-state index contributed by atoms with van der Waals surface area (Å²) in [6.07, 6.45) is 3.62. The van der Waals surface area contributed by atoms with Crippen LogP contribution < -0.4 is 0 Å². The van der Waals surface area contributed by atoms with Crippen LogP contribution in [0.25, 0.3) is 0 Å². The molecule has 1 heteroatoms. The van der Waals surface area contributed by atoms with E-state index in [0.29, 0.717) is 11.7 Å². The molecule has 0 heterocycles. The number of hydrogen-bond donors (Lipinski definition) is 1. The van der Waals surface area contributed by atoms with Gasteiger partial charge in [-0.1, -0.05) is 20.8 Å². The molecule has 0 amide bonds. The number of benzene rings is 1. The van der Waals surface area contributed by atoms with E-state index in [0.717, 1.165) is 12.3 Å². The molecule has 15 heavy (non-hydrogen) atoms. The van der Waals surface area contributed by atoms with Gasteiger partial charge in [-0.2, -0.15) is 0 Å². The molecule has 2 rings (SSSR count). The van der Waals surface area contributed by atoms with Gasteiger partial charge in [-0.15, -0.1) is 0 Å². The molecule has 1 atom stereocenters. The third-order valence-corrected chi connectivity index (χ3v) is 3.57. The Morgan fingerprint density at radius 2 is 2.13 bits per heavy atom. The van der Waals surface area contributed by atoms with Crippen molar-refractivity contribution in [1.29, 1.82) is 0 Å². The maximum atomic E-state index is 9.69. The number of phenols is 1. The summed E-state index contributed by atoms with van der Waals surface area (Å²) in [4.78, 5) is 0. The number of rotatable bonds is 2. The van der Waals surface area contributed by atoms with Gasteiger partial charge in [0.2, 0.25) is 0 Å². The third kappa shape index (κ3) is 1.75. The number of hydrogen-bond acceptors (Lipinski definition) is 1. The fourth-order valence-corrected chi connectivity index (χ4v) is 2.79. The molecule has 0 radical (unpaired) electrons. The van der Waals surface area contributed by atoms with E-state index >= 15 is 0 Å². The summed E-state index contributed by atoms with van der Waals surface area (Å²) in [5.41, 5.74) is 4.27. The number of fused-ring (bicyclic) bond motifs is 1. The van der Waals surface area contributed by atoms with Crippen LogP contribution in [0.2, 0.25) is 0 Å². The predicted molar refractivity (Wildman–Crippen MR) is 63.5 cm³/mol. The topological polar surface area (TPSA) is 20.2 Å². The number of aryl methyl sites for hydroxylation is 1. The lowest BCUT2D eigenvalue weighted by atomic mass is 9.88. The summed E-state index contributed by atoms with van der Waals surface area (Å²) in [5.74, 6) is 1.67. The highest BCUT2D eigenvalue weighted by atomic mass is 16.3. The summed E-state index contributed by atoms with van der Waals surface area (Å²) in [6, 6.07) is 3.91. The molecule has 0 saturated carbocycles. The molecule has 1 aliphatic rings. The van der Waals surface area contributed by atoms with Gasteiger partial charge in [0.05, 0.1) is 0 Å². The van der Waals surface area contributed by atoms with E-state index in [1.54, 1.807) is 0 Å². The molecular weight excluding hydrogens is 184 g/mol. The molecule has 0 bridgehead atoms. The minimum absolute atomic E-state index is 0.439. The van der Waals surface area contributed by atoms with Crippen LogP contribution in [0.3, 0.4) is 0 Å². The quantitative estimate of drug-likeness (QED) is 0.773. The fraction of sp³-hybridized carbons (Fsp3) is 0.571. The van der Waals surface area contributed by atoms with Gasteiger partial charge >= 0.3 is 0 Å². The predicted octanol–water partition coefficient (Wildman–Crippen LogP) is 3.96. The van der Waals surface area contributed by atoms with Gasteiger partial charge < -0.3 is 5.11 Å². The van der Waals surface area contributed by atoms with Crippen molar-refractivity contribution >= 4 is 0 Å². The molecule has 0 aromatic heterocycles. The minimum atomic E-state index is 0.439. The first-order valence-electron chi connectivity index (χ1n) is 5.99. The van der Waals surface area contributed by atoms with Gasteiger partial charge in [-0.3, -0.25) is 0 Å². The SMILES string of the molecule is CC[C@@H]1CCc2cc(O)cc(C(C)C)c21. The zero-order valence-electron chi connectivity index (χ0n) is 9.88.